The maximum absolute atomic E-state index is 4.16. The molecule has 1 heterocycles. The summed E-state index contributed by atoms with van der Waals surface area (Å²) in [5.41, 5.74) is 1.30. The molecule has 0 fully saturated rings. The van der Waals surface area contributed by atoms with Crippen molar-refractivity contribution in [2.24, 2.45) is 0 Å². The van der Waals surface area contributed by atoms with E-state index < -0.39 is 0 Å². The fraction of sp³-hybridized carbons (Fsp3) is 0.250. The van der Waals surface area contributed by atoms with E-state index in [2.05, 4.69) is 46.5 Å². The number of imidazole rings is 1. The third kappa shape index (κ3) is 2.67. The Morgan fingerprint density at radius 2 is 2.13 bits per heavy atom. The van der Waals surface area contributed by atoms with Gasteiger partial charge in [-0.1, -0.05) is 30.3 Å². The van der Waals surface area contributed by atoms with Crippen molar-refractivity contribution in [3.8, 4) is 0 Å². The van der Waals surface area contributed by atoms with Crippen LogP contribution in [0.4, 0.5) is 0 Å². The highest BCUT2D eigenvalue weighted by molar-refractivity contribution is 5.18. The molecule has 3 nitrogen and oxygen atoms in total. The van der Waals surface area contributed by atoms with Gasteiger partial charge in [0.1, 0.15) is 5.82 Å². The first-order valence-corrected chi connectivity index (χ1v) is 5.13. The highest BCUT2D eigenvalue weighted by Gasteiger charge is 2.03. The van der Waals surface area contributed by atoms with Crippen LogP contribution in [0.15, 0.2) is 42.7 Å². The van der Waals surface area contributed by atoms with Crippen molar-refractivity contribution in [1.29, 1.82) is 0 Å². The molecule has 0 saturated carbocycles. The first-order chi connectivity index (χ1) is 7.36. The molecule has 0 radical (unpaired) electrons. The van der Waals surface area contributed by atoms with Gasteiger partial charge in [-0.05, 0) is 12.5 Å². The van der Waals surface area contributed by atoms with Crippen molar-refractivity contribution in [2.75, 3.05) is 0 Å². The summed E-state index contributed by atoms with van der Waals surface area (Å²) in [4.78, 5) is 7.23. The second kappa shape index (κ2) is 4.75. The van der Waals surface area contributed by atoms with Crippen LogP contribution in [0.1, 0.15) is 24.4 Å². The van der Waals surface area contributed by atoms with Crippen LogP contribution >= 0.6 is 0 Å². The van der Waals surface area contributed by atoms with Gasteiger partial charge in [0.25, 0.3) is 0 Å². The van der Waals surface area contributed by atoms with Crippen molar-refractivity contribution >= 4 is 0 Å². The van der Waals surface area contributed by atoms with E-state index in [9.17, 15) is 0 Å². The Hall–Kier alpha value is -1.61. The Morgan fingerprint density at radius 1 is 1.33 bits per heavy atom. The molecule has 2 rings (SSSR count). The second-order valence-electron chi connectivity index (χ2n) is 3.55. The van der Waals surface area contributed by atoms with E-state index in [1.165, 1.54) is 5.56 Å². The molecule has 1 aromatic carbocycles. The molecule has 0 unspecified atom stereocenters. The molecule has 1 atom stereocenters. The fourth-order valence-corrected chi connectivity index (χ4v) is 1.50. The Labute approximate surface area is 89.6 Å². The van der Waals surface area contributed by atoms with Crippen LogP contribution in [-0.4, -0.2) is 9.97 Å². The number of rotatable bonds is 4. The first-order valence-electron chi connectivity index (χ1n) is 5.13. The molecule has 0 bridgehead atoms. The second-order valence-corrected chi connectivity index (χ2v) is 3.55. The summed E-state index contributed by atoms with van der Waals surface area (Å²) < 4.78 is 0. The van der Waals surface area contributed by atoms with Gasteiger partial charge >= 0.3 is 0 Å². The fourth-order valence-electron chi connectivity index (χ4n) is 1.50. The molecule has 0 aliphatic carbocycles. The molecule has 0 amide bonds. The minimum Gasteiger partial charge on any atom is -0.348 e. The summed E-state index contributed by atoms with van der Waals surface area (Å²) in [5.74, 6) is 0.970. The van der Waals surface area contributed by atoms with Gasteiger partial charge < -0.3 is 10.3 Å². The number of benzene rings is 1. The summed E-state index contributed by atoms with van der Waals surface area (Å²) in [5, 5.41) is 3.41. The number of hydrogen-bond donors (Lipinski definition) is 2. The number of aromatic amines is 1. The molecule has 0 spiro atoms. The van der Waals surface area contributed by atoms with E-state index in [0.29, 0.717) is 6.04 Å². The topological polar surface area (TPSA) is 40.7 Å². The van der Waals surface area contributed by atoms with Crippen LogP contribution in [0.2, 0.25) is 0 Å². The van der Waals surface area contributed by atoms with E-state index in [0.717, 1.165) is 12.4 Å². The lowest BCUT2D eigenvalue weighted by atomic mass is 10.1. The van der Waals surface area contributed by atoms with Crippen LogP contribution in [-0.2, 0) is 6.54 Å². The van der Waals surface area contributed by atoms with E-state index in [1.54, 1.807) is 6.20 Å². The van der Waals surface area contributed by atoms with Crippen LogP contribution in [0.25, 0.3) is 0 Å². The molecule has 2 aromatic rings. The minimum absolute atomic E-state index is 0.344. The predicted molar refractivity (Wildman–Crippen MR) is 60.3 cm³/mol. The van der Waals surface area contributed by atoms with Crippen LogP contribution < -0.4 is 5.32 Å². The third-order valence-electron chi connectivity index (χ3n) is 2.43. The molecule has 0 aliphatic heterocycles. The first kappa shape index (κ1) is 9.93. The van der Waals surface area contributed by atoms with Crippen LogP contribution in [0.3, 0.4) is 0 Å². The predicted octanol–water partition coefficient (Wildman–Crippen LogP) is 2.26. The molecule has 78 valence electrons. The highest BCUT2D eigenvalue weighted by atomic mass is 15.0. The normalized spacial score (nSPS) is 12.6. The molecule has 1 aromatic heterocycles. The third-order valence-corrected chi connectivity index (χ3v) is 2.43. The quantitative estimate of drug-likeness (QED) is 0.796. The molecule has 2 N–H and O–H groups in total. The number of aromatic nitrogens is 2. The lowest BCUT2D eigenvalue weighted by Crippen LogP contribution is -2.18. The average molecular weight is 201 g/mol. The number of H-pyrrole nitrogens is 1. The van der Waals surface area contributed by atoms with Gasteiger partial charge in [0, 0.05) is 18.4 Å². The largest absolute Gasteiger partial charge is 0.348 e. The summed E-state index contributed by atoms with van der Waals surface area (Å²) >= 11 is 0. The summed E-state index contributed by atoms with van der Waals surface area (Å²) in [7, 11) is 0. The van der Waals surface area contributed by atoms with Gasteiger partial charge in [-0.25, -0.2) is 4.98 Å². The number of hydrogen-bond acceptors (Lipinski definition) is 2. The summed E-state index contributed by atoms with van der Waals surface area (Å²) in [6, 6.07) is 10.7. The minimum atomic E-state index is 0.344. The highest BCUT2D eigenvalue weighted by Crippen LogP contribution is 2.11. The van der Waals surface area contributed by atoms with Crippen LogP contribution in [0.5, 0.6) is 0 Å². The molecule has 0 aliphatic rings. The van der Waals surface area contributed by atoms with Gasteiger partial charge in [0.05, 0.1) is 6.54 Å². The van der Waals surface area contributed by atoms with E-state index >= 15 is 0 Å². The standard InChI is InChI=1S/C12H15N3/c1-10(11-5-3-2-4-6-11)15-9-12-13-7-8-14-12/h2-8,10,15H,9H2,1H3,(H,13,14)/t10-/m0/s1. The van der Waals surface area contributed by atoms with Crippen molar-refractivity contribution in [3.63, 3.8) is 0 Å². The van der Waals surface area contributed by atoms with Gasteiger partial charge in [-0.3, -0.25) is 0 Å². The average Bonchev–Trinajstić information content (AvgIpc) is 2.80. The zero-order valence-electron chi connectivity index (χ0n) is 8.77. The van der Waals surface area contributed by atoms with E-state index in [1.807, 2.05) is 12.3 Å². The van der Waals surface area contributed by atoms with Gasteiger partial charge in [-0.2, -0.15) is 0 Å². The maximum Gasteiger partial charge on any atom is 0.120 e. The molecule has 0 saturated heterocycles. The van der Waals surface area contributed by atoms with E-state index in [4.69, 9.17) is 0 Å². The zero-order chi connectivity index (χ0) is 10.5. The van der Waals surface area contributed by atoms with Crippen molar-refractivity contribution in [2.45, 2.75) is 19.5 Å². The Morgan fingerprint density at radius 3 is 2.80 bits per heavy atom. The molecular weight excluding hydrogens is 186 g/mol. The maximum atomic E-state index is 4.16. The lowest BCUT2D eigenvalue weighted by Gasteiger charge is -2.12. The Balaban J connectivity index is 1.90. The summed E-state index contributed by atoms with van der Waals surface area (Å²) in [6.07, 6.45) is 3.61. The SMILES string of the molecule is C[C@H](NCc1ncc[nH]1)c1ccccc1. The smallest absolute Gasteiger partial charge is 0.120 e. The molecule has 15 heavy (non-hydrogen) atoms. The number of nitrogens with zero attached hydrogens (tertiary/aromatic N) is 1. The van der Waals surface area contributed by atoms with Gasteiger partial charge in [0.15, 0.2) is 0 Å². The Kier molecular flexibility index (Phi) is 3.15. The van der Waals surface area contributed by atoms with Crippen molar-refractivity contribution < 1.29 is 0 Å². The zero-order valence-corrected chi connectivity index (χ0v) is 8.77. The van der Waals surface area contributed by atoms with Crippen molar-refractivity contribution in [1.82, 2.24) is 15.3 Å². The van der Waals surface area contributed by atoms with Crippen LogP contribution in [0, 0.1) is 0 Å². The lowest BCUT2D eigenvalue weighted by molar-refractivity contribution is 0.562. The number of nitrogens with one attached hydrogen (secondary N) is 2. The molecular formula is C12H15N3. The van der Waals surface area contributed by atoms with Crippen molar-refractivity contribution in [3.05, 3.63) is 54.1 Å². The summed E-state index contributed by atoms with van der Waals surface area (Å²) in [6.45, 7) is 2.92. The monoisotopic (exact) mass is 201 g/mol. The van der Waals surface area contributed by atoms with E-state index in [-0.39, 0.29) is 0 Å². The Bertz CT molecular complexity index is 381. The van der Waals surface area contributed by atoms with Gasteiger partial charge in [0.2, 0.25) is 0 Å². The molecule has 3 heteroatoms. The van der Waals surface area contributed by atoms with Gasteiger partial charge in [-0.15, -0.1) is 0 Å².